The van der Waals surface area contributed by atoms with E-state index in [9.17, 15) is 0 Å². The topological polar surface area (TPSA) is 0 Å². The summed E-state index contributed by atoms with van der Waals surface area (Å²) in [5.41, 5.74) is 0. The van der Waals surface area contributed by atoms with E-state index >= 15 is 0 Å². The maximum atomic E-state index is 2.23. The van der Waals surface area contributed by atoms with E-state index in [1.807, 2.05) is 0 Å². The Morgan fingerprint density at radius 3 is 0.442 bits per heavy atom. The Morgan fingerprint density at radius 2 is 0.326 bits per heavy atom. The van der Waals surface area contributed by atoms with Gasteiger partial charge in [0.15, 0.2) is 0 Å². The van der Waals surface area contributed by atoms with Gasteiger partial charge < -0.3 is 49.6 Å². The van der Waals surface area contributed by atoms with Crippen LogP contribution in [0.1, 0.15) is 0 Å². The second-order valence-electron chi connectivity index (χ2n) is 8.68. The third-order valence-corrected chi connectivity index (χ3v) is 11.0. The zero-order valence-electron chi connectivity index (χ0n) is 23.1. The second-order valence-corrected chi connectivity index (χ2v) is 13.1. The monoisotopic (exact) mass is 857 g/mol. The summed E-state index contributed by atoms with van der Waals surface area (Å²) in [6, 6.07) is 64.7. The fourth-order valence-electron chi connectivity index (χ4n) is 4.36. The fraction of sp³-hybridized carbons (Fsp3) is 0. The average molecular weight is 859 g/mol. The summed E-state index contributed by atoms with van der Waals surface area (Å²) in [6.45, 7) is 0. The molecule has 0 aliphatic heterocycles. The molecule has 0 saturated heterocycles. The Morgan fingerprint density at radius 1 is 0.209 bits per heavy atom. The van der Waals surface area contributed by atoms with E-state index in [2.05, 4.69) is 182 Å². The molecule has 0 heterocycles. The molecule has 0 bridgehead atoms. The molecule has 221 valence electrons. The summed E-state index contributed by atoms with van der Waals surface area (Å²) in [5.74, 6) is 0. The summed E-state index contributed by atoms with van der Waals surface area (Å²) in [6.07, 6.45) is 0. The molecule has 0 nitrogen and oxygen atoms in total. The summed E-state index contributed by atoms with van der Waals surface area (Å²) in [5, 5.41) is 8.39. The molecule has 0 saturated carbocycles. The van der Waals surface area contributed by atoms with Gasteiger partial charge >= 0.3 is 20.1 Å². The molecule has 0 N–H and O–H groups in total. The van der Waals surface area contributed by atoms with Crippen molar-refractivity contribution in [3.05, 3.63) is 182 Å². The molecule has 0 aliphatic rings. The SMILES string of the molecule is [Cl-].[Cl-].[Cl-].[Cl-].[Ir+4].c1ccc(P(c2ccccc2)c2ccccc2)cc1.c1ccc(P(c2ccccc2)c2ccccc2)cc1. The first-order valence-electron chi connectivity index (χ1n) is 12.8. The van der Waals surface area contributed by atoms with Crippen molar-refractivity contribution >= 4 is 47.7 Å². The predicted molar refractivity (Wildman–Crippen MR) is 170 cm³/mol. The second kappa shape index (κ2) is 22.5. The molecule has 0 amide bonds. The van der Waals surface area contributed by atoms with Gasteiger partial charge in [0.25, 0.3) is 0 Å². The van der Waals surface area contributed by atoms with Crippen LogP contribution in [0.25, 0.3) is 0 Å². The number of benzene rings is 6. The van der Waals surface area contributed by atoms with Gasteiger partial charge in [0, 0.05) is 0 Å². The third-order valence-electron chi connectivity index (χ3n) is 6.09. The zero-order chi connectivity index (χ0) is 25.8. The van der Waals surface area contributed by atoms with Crippen LogP contribution in [-0.2, 0) is 20.1 Å². The van der Waals surface area contributed by atoms with Crippen LogP contribution >= 0.6 is 15.8 Å². The van der Waals surface area contributed by atoms with E-state index in [-0.39, 0.29) is 69.7 Å². The van der Waals surface area contributed by atoms with Crippen molar-refractivity contribution in [2.75, 3.05) is 0 Å². The molecular weight excluding hydrogens is 828 g/mol. The van der Waals surface area contributed by atoms with Gasteiger partial charge in [0.2, 0.25) is 0 Å². The summed E-state index contributed by atoms with van der Waals surface area (Å²) in [7, 11) is -0.892. The van der Waals surface area contributed by atoms with Crippen LogP contribution in [0.15, 0.2) is 182 Å². The van der Waals surface area contributed by atoms with Gasteiger partial charge in [0.1, 0.15) is 0 Å². The maximum absolute atomic E-state index is 2.23. The molecule has 6 rings (SSSR count). The Labute approximate surface area is 297 Å². The smallest absolute Gasteiger partial charge is 1.00 e. The number of hydrogen-bond donors (Lipinski definition) is 0. The van der Waals surface area contributed by atoms with E-state index in [0.717, 1.165) is 0 Å². The van der Waals surface area contributed by atoms with Crippen molar-refractivity contribution in [3.63, 3.8) is 0 Å². The summed E-state index contributed by atoms with van der Waals surface area (Å²) < 4.78 is 0. The van der Waals surface area contributed by atoms with Gasteiger partial charge in [-0.05, 0) is 47.7 Å². The van der Waals surface area contributed by atoms with Crippen LogP contribution in [0.2, 0.25) is 0 Å². The largest absolute Gasteiger partial charge is 4.00 e. The van der Waals surface area contributed by atoms with E-state index in [1.54, 1.807) is 0 Å². The molecule has 0 fully saturated rings. The van der Waals surface area contributed by atoms with Crippen molar-refractivity contribution in [3.8, 4) is 0 Å². The first-order valence-corrected chi connectivity index (χ1v) is 15.5. The minimum absolute atomic E-state index is 0. The fourth-order valence-corrected chi connectivity index (χ4v) is 8.97. The minimum atomic E-state index is -0.446. The number of halogens is 4. The Hall–Kier alpha value is -2.01. The van der Waals surface area contributed by atoms with Crippen LogP contribution in [0.3, 0.4) is 0 Å². The molecule has 1 radical (unpaired) electrons. The van der Waals surface area contributed by atoms with Crippen LogP contribution in [-0.4, -0.2) is 0 Å². The molecular formula is C36H30Cl4IrP2. The van der Waals surface area contributed by atoms with E-state index < -0.39 is 15.8 Å². The molecule has 0 spiro atoms. The van der Waals surface area contributed by atoms with Gasteiger partial charge in [-0.25, -0.2) is 0 Å². The van der Waals surface area contributed by atoms with Crippen molar-refractivity contribution in [1.29, 1.82) is 0 Å². The molecule has 0 aliphatic carbocycles. The van der Waals surface area contributed by atoms with Crippen LogP contribution < -0.4 is 81.5 Å². The van der Waals surface area contributed by atoms with Crippen molar-refractivity contribution in [2.24, 2.45) is 0 Å². The average Bonchev–Trinajstić information content (AvgIpc) is 3.01. The third kappa shape index (κ3) is 11.8. The number of rotatable bonds is 6. The molecule has 0 aromatic heterocycles. The van der Waals surface area contributed by atoms with Gasteiger partial charge in [-0.3, -0.25) is 0 Å². The van der Waals surface area contributed by atoms with Gasteiger partial charge in [0.05, 0.1) is 0 Å². The van der Waals surface area contributed by atoms with Crippen molar-refractivity contribution < 1.29 is 69.7 Å². The van der Waals surface area contributed by atoms with Crippen LogP contribution in [0.5, 0.6) is 0 Å². The molecule has 43 heavy (non-hydrogen) atoms. The normalized spacial score (nSPS) is 9.35. The zero-order valence-corrected chi connectivity index (χ0v) is 30.3. The molecule has 0 atom stereocenters. The van der Waals surface area contributed by atoms with E-state index in [0.29, 0.717) is 0 Å². The Balaban J connectivity index is 0.000000735. The minimum Gasteiger partial charge on any atom is -1.00 e. The van der Waals surface area contributed by atoms with E-state index in [1.165, 1.54) is 31.8 Å². The number of hydrogen-bond acceptors (Lipinski definition) is 0. The van der Waals surface area contributed by atoms with Crippen molar-refractivity contribution in [1.82, 2.24) is 0 Å². The Kier molecular flexibility index (Phi) is 21.4. The van der Waals surface area contributed by atoms with Crippen LogP contribution in [0, 0.1) is 0 Å². The summed E-state index contributed by atoms with van der Waals surface area (Å²) in [4.78, 5) is 0. The molecule has 0 unspecified atom stereocenters. The van der Waals surface area contributed by atoms with Gasteiger partial charge in [-0.1, -0.05) is 182 Å². The van der Waals surface area contributed by atoms with Crippen molar-refractivity contribution in [2.45, 2.75) is 0 Å². The molecule has 6 aromatic rings. The standard InChI is InChI=1S/2C18H15P.4ClH.Ir/c2*1-4-10-16(11-5-1)19(17-12-6-2-7-13-17)18-14-8-3-9-15-18;;;;;/h2*1-15H;4*1H;/q;;;;;;+4/p-4. The molecule has 7 heteroatoms. The first-order chi connectivity index (χ1) is 18.9. The quantitative estimate of drug-likeness (QED) is 0.148. The summed E-state index contributed by atoms with van der Waals surface area (Å²) >= 11 is 0. The van der Waals surface area contributed by atoms with E-state index in [4.69, 9.17) is 0 Å². The maximum Gasteiger partial charge on any atom is 4.00 e. The molecule has 6 aromatic carbocycles. The predicted octanol–water partition coefficient (Wildman–Crippen LogP) is -5.10. The van der Waals surface area contributed by atoms with Gasteiger partial charge in [-0.15, -0.1) is 0 Å². The Bertz CT molecular complexity index is 1190. The first kappa shape index (κ1) is 41.0. The van der Waals surface area contributed by atoms with Crippen LogP contribution in [0.4, 0.5) is 0 Å². The van der Waals surface area contributed by atoms with Gasteiger partial charge in [-0.2, -0.15) is 0 Å².